The van der Waals surface area contributed by atoms with Crippen molar-refractivity contribution in [3.63, 3.8) is 0 Å². The van der Waals surface area contributed by atoms with E-state index in [2.05, 4.69) is 4.74 Å². The first kappa shape index (κ1) is 14.0. The van der Waals surface area contributed by atoms with Crippen LogP contribution in [0.25, 0.3) is 0 Å². The smallest absolute Gasteiger partial charge is 0.486 e. The molecular formula is C13H16F3NO2. The van der Waals surface area contributed by atoms with Crippen molar-refractivity contribution in [3.8, 4) is 11.5 Å². The van der Waals surface area contributed by atoms with Crippen LogP contribution in [0.4, 0.5) is 13.2 Å². The lowest BCUT2D eigenvalue weighted by molar-refractivity contribution is -0.275. The predicted molar refractivity (Wildman–Crippen MR) is 63.9 cm³/mol. The molecule has 6 heteroatoms. The fraction of sp³-hybridized carbons (Fsp3) is 0.538. The lowest BCUT2D eigenvalue weighted by Gasteiger charge is -2.49. The van der Waals surface area contributed by atoms with Crippen LogP contribution in [-0.2, 0) is 0 Å². The third-order valence-electron chi connectivity index (χ3n) is 3.60. The molecule has 0 spiro atoms. The molecule has 1 aliphatic carbocycles. The second-order valence-corrected chi connectivity index (χ2v) is 5.26. The minimum Gasteiger partial charge on any atom is -0.486 e. The van der Waals surface area contributed by atoms with Gasteiger partial charge in [0, 0.05) is 17.9 Å². The Morgan fingerprint density at radius 2 is 1.79 bits per heavy atom. The van der Waals surface area contributed by atoms with Crippen LogP contribution in [0.15, 0.2) is 24.3 Å². The summed E-state index contributed by atoms with van der Waals surface area (Å²) >= 11 is 0. The minimum absolute atomic E-state index is 0.00630. The molecule has 0 bridgehead atoms. The molecule has 1 fully saturated rings. The fourth-order valence-corrected chi connectivity index (χ4v) is 2.03. The van der Waals surface area contributed by atoms with Gasteiger partial charge in [0.1, 0.15) is 6.10 Å². The molecule has 106 valence electrons. The first-order valence-electron chi connectivity index (χ1n) is 5.97. The summed E-state index contributed by atoms with van der Waals surface area (Å²) in [5.41, 5.74) is 5.59. The molecule has 1 aliphatic rings. The molecule has 0 aliphatic heterocycles. The van der Waals surface area contributed by atoms with E-state index in [0.29, 0.717) is 6.42 Å². The standard InChI is InChI=1S/C13H16F3NO2/c1-12(2)10(17)7-11(12)18-8-5-3-4-6-9(8)19-13(14,15)16/h3-6,10-11H,7,17H2,1-2H3. The number of hydrogen-bond acceptors (Lipinski definition) is 3. The molecule has 1 aromatic rings. The van der Waals surface area contributed by atoms with Crippen LogP contribution >= 0.6 is 0 Å². The molecular weight excluding hydrogens is 259 g/mol. The Kier molecular flexibility index (Phi) is 3.38. The van der Waals surface area contributed by atoms with E-state index in [4.69, 9.17) is 10.5 Å². The number of para-hydroxylation sites is 2. The summed E-state index contributed by atoms with van der Waals surface area (Å²) < 4.78 is 46.4. The molecule has 1 aromatic carbocycles. The predicted octanol–water partition coefficient (Wildman–Crippen LogP) is 3.09. The Bertz CT molecular complexity index is 459. The van der Waals surface area contributed by atoms with Crippen molar-refractivity contribution < 1.29 is 22.6 Å². The lowest BCUT2D eigenvalue weighted by Crippen LogP contribution is -2.60. The van der Waals surface area contributed by atoms with E-state index in [1.165, 1.54) is 18.2 Å². The van der Waals surface area contributed by atoms with Gasteiger partial charge in [-0.25, -0.2) is 0 Å². The Labute approximate surface area is 109 Å². The van der Waals surface area contributed by atoms with Gasteiger partial charge in [-0.3, -0.25) is 0 Å². The highest BCUT2D eigenvalue weighted by molar-refractivity contribution is 5.40. The number of benzene rings is 1. The maximum atomic E-state index is 12.3. The van der Waals surface area contributed by atoms with Crippen LogP contribution in [0, 0.1) is 5.41 Å². The van der Waals surface area contributed by atoms with E-state index in [1.807, 2.05) is 13.8 Å². The monoisotopic (exact) mass is 275 g/mol. The van der Waals surface area contributed by atoms with Crippen molar-refractivity contribution in [2.24, 2.45) is 11.1 Å². The molecule has 2 atom stereocenters. The van der Waals surface area contributed by atoms with Crippen molar-refractivity contribution in [1.29, 1.82) is 0 Å². The highest BCUT2D eigenvalue weighted by Gasteiger charge is 2.48. The first-order chi connectivity index (χ1) is 8.70. The summed E-state index contributed by atoms with van der Waals surface area (Å²) in [6.45, 7) is 3.86. The number of alkyl halides is 3. The normalized spacial score (nSPS) is 25.6. The topological polar surface area (TPSA) is 44.5 Å². The molecule has 2 N–H and O–H groups in total. The van der Waals surface area contributed by atoms with Crippen molar-refractivity contribution in [3.05, 3.63) is 24.3 Å². The van der Waals surface area contributed by atoms with E-state index < -0.39 is 6.36 Å². The van der Waals surface area contributed by atoms with Gasteiger partial charge in [0.2, 0.25) is 0 Å². The van der Waals surface area contributed by atoms with Gasteiger partial charge in [0.15, 0.2) is 11.5 Å². The third kappa shape index (κ3) is 2.94. The number of hydrogen-bond donors (Lipinski definition) is 1. The molecule has 2 rings (SSSR count). The van der Waals surface area contributed by atoms with Gasteiger partial charge in [-0.1, -0.05) is 26.0 Å². The average molecular weight is 275 g/mol. The zero-order valence-corrected chi connectivity index (χ0v) is 10.7. The maximum absolute atomic E-state index is 12.3. The lowest BCUT2D eigenvalue weighted by atomic mass is 9.65. The van der Waals surface area contributed by atoms with Crippen molar-refractivity contribution >= 4 is 0 Å². The number of halogens is 3. The Morgan fingerprint density at radius 3 is 2.26 bits per heavy atom. The van der Waals surface area contributed by atoms with Crippen LogP contribution in [-0.4, -0.2) is 18.5 Å². The average Bonchev–Trinajstić information content (AvgIpc) is 2.29. The van der Waals surface area contributed by atoms with Crippen molar-refractivity contribution in [2.75, 3.05) is 0 Å². The molecule has 0 aromatic heterocycles. The van der Waals surface area contributed by atoms with E-state index >= 15 is 0 Å². The van der Waals surface area contributed by atoms with Crippen LogP contribution < -0.4 is 15.2 Å². The first-order valence-corrected chi connectivity index (χ1v) is 5.97. The van der Waals surface area contributed by atoms with Crippen LogP contribution in [0.1, 0.15) is 20.3 Å². The van der Waals surface area contributed by atoms with Gasteiger partial charge in [-0.2, -0.15) is 0 Å². The molecule has 3 nitrogen and oxygen atoms in total. The van der Waals surface area contributed by atoms with Crippen LogP contribution in [0.5, 0.6) is 11.5 Å². The zero-order valence-electron chi connectivity index (χ0n) is 10.7. The number of rotatable bonds is 3. The van der Waals surface area contributed by atoms with Gasteiger partial charge >= 0.3 is 6.36 Å². The third-order valence-corrected chi connectivity index (χ3v) is 3.60. The summed E-state index contributed by atoms with van der Waals surface area (Å²) in [5.74, 6) is -0.240. The zero-order chi connectivity index (χ0) is 14.3. The van der Waals surface area contributed by atoms with Gasteiger partial charge in [-0.05, 0) is 12.1 Å². The Hall–Kier alpha value is -1.43. The van der Waals surface area contributed by atoms with Gasteiger partial charge in [0.05, 0.1) is 0 Å². The summed E-state index contributed by atoms with van der Waals surface area (Å²) in [4.78, 5) is 0. The second kappa shape index (κ2) is 4.59. The molecule has 0 saturated heterocycles. The minimum atomic E-state index is -4.73. The van der Waals surface area contributed by atoms with Crippen molar-refractivity contribution in [1.82, 2.24) is 0 Å². The Balaban J connectivity index is 2.13. The molecule has 0 heterocycles. The maximum Gasteiger partial charge on any atom is 0.573 e. The molecule has 0 amide bonds. The SMILES string of the molecule is CC1(C)C(N)CC1Oc1ccccc1OC(F)(F)F. The molecule has 19 heavy (non-hydrogen) atoms. The van der Waals surface area contributed by atoms with Gasteiger partial charge in [0.25, 0.3) is 0 Å². The number of ether oxygens (including phenoxy) is 2. The van der Waals surface area contributed by atoms with Crippen LogP contribution in [0.2, 0.25) is 0 Å². The second-order valence-electron chi connectivity index (χ2n) is 5.26. The summed E-state index contributed by atoms with van der Waals surface area (Å²) in [6, 6.07) is 5.75. The largest absolute Gasteiger partial charge is 0.573 e. The van der Waals surface area contributed by atoms with E-state index in [1.54, 1.807) is 6.07 Å². The summed E-state index contributed by atoms with van der Waals surface area (Å²) in [7, 11) is 0. The van der Waals surface area contributed by atoms with Gasteiger partial charge < -0.3 is 15.2 Å². The molecule has 2 unspecified atom stereocenters. The molecule has 0 radical (unpaired) electrons. The Morgan fingerprint density at radius 1 is 1.21 bits per heavy atom. The van der Waals surface area contributed by atoms with E-state index in [-0.39, 0.29) is 29.1 Å². The van der Waals surface area contributed by atoms with Crippen molar-refractivity contribution in [2.45, 2.75) is 38.8 Å². The van der Waals surface area contributed by atoms with Crippen LogP contribution in [0.3, 0.4) is 0 Å². The summed E-state index contributed by atoms with van der Waals surface area (Å²) in [5, 5.41) is 0. The highest BCUT2D eigenvalue weighted by Crippen LogP contribution is 2.43. The van der Waals surface area contributed by atoms with E-state index in [9.17, 15) is 13.2 Å². The fourth-order valence-electron chi connectivity index (χ4n) is 2.03. The van der Waals surface area contributed by atoms with E-state index in [0.717, 1.165) is 0 Å². The van der Waals surface area contributed by atoms with Gasteiger partial charge in [-0.15, -0.1) is 13.2 Å². The molecule has 1 saturated carbocycles. The highest BCUT2D eigenvalue weighted by atomic mass is 19.4. The summed E-state index contributed by atoms with van der Waals surface area (Å²) in [6.07, 6.45) is -4.32. The number of nitrogens with two attached hydrogens (primary N) is 1. The quantitative estimate of drug-likeness (QED) is 0.922.